The molecule has 2 aromatic carbocycles. The molecule has 0 fully saturated rings. The Kier molecular flexibility index (Phi) is 6.33. The second-order valence-corrected chi connectivity index (χ2v) is 8.50. The van der Waals surface area contributed by atoms with Crippen molar-refractivity contribution in [3.05, 3.63) is 65.9 Å². The van der Waals surface area contributed by atoms with Crippen LogP contribution < -0.4 is 4.74 Å². The Labute approximate surface area is 151 Å². The van der Waals surface area contributed by atoms with Gasteiger partial charge in [-0.3, -0.25) is 0 Å². The molecule has 104 valence electrons. The molecule has 0 bridgehead atoms. The van der Waals surface area contributed by atoms with Gasteiger partial charge in [0.2, 0.25) is 0 Å². The van der Waals surface area contributed by atoms with E-state index in [4.69, 9.17) is 4.74 Å². The van der Waals surface area contributed by atoms with Crippen molar-refractivity contribution in [1.82, 2.24) is 0 Å². The molecule has 0 radical (unpaired) electrons. The number of hydrogen-bond donors (Lipinski definition) is 0. The van der Waals surface area contributed by atoms with Gasteiger partial charge in [-0.05, 0) is 93.1 Å². The van der Waals surface area contributed by atoms with Crippen LogP contribution in [0, 0.1) is 0 Å². The Morgan fingerprint density at radius 2 is 1.60 bits per heavy atom. The molecule has 5 heteroatoms. The maximum atomic E-state index is 5.88. The van der Waals surface area contributed by atoms with Crippen LogP contribution in [0.5, 0.6) is 5.75 Å². The van der Waals surface area contributed by atoms with E-state index in [0.717, 1.165) is 29.2 Å². The minimum Gasteiger partial charge on any atom is -0.487 e. The highest BCUT2D eigenvalue weighted by atomic mass is 79.9. The summed E-state index contributed by atoms with van der Waals surface area (Å²) in [6.07, 6.45) is 1.97. The van der Waals surface area contributed by atoms with Crippen LogP contribution in [-0.2, 0) is 6.61 Å². The van der Waals surface area contributed by atoms with Gasteiger partial charge < -0.3 is 4.74 Å². The maximum absolute atomic E-state index is 5.88. The summed E-state index contributed by atoms with van der Waals surface area (Å²) in [5.74, 6) is 0.802. The van der Waals surface area contributed by atoms with Crippen molar-refractivity contribution in [1.29, 1.82) is 0 Å². The van der Waals surface area contributed by atoms with Crippen LogP contribution in [-0.4, -0.2) is 0 Å². The summed E-state index contributed by atoms with van der Waals surface area (Å²) >= 11 is 13.8. The zero-order valence-corrected chi connectivity index (χ0v) is 16.6. The predicted octanol–water partition coefficient (Wildman–Crippen LogP) is 6.88. The Morgan fingerprint density at radius 1 is 1.00 bits per heavy atom. The van der Waals surface area contributed by atoms with Gasteiger partial charge in [0, 0.05) is 0 Å². The molecule has 0 spiro atoms. The lowest BCUT2D eigenvalue weighted by atomic mass is 10.2. The molecule has 0 aliphatic heterocycles. The van der Waals surface area contributed by atoms with E-state index in [1.54, 1.807) is 0 Å². The molecule has 0 amide bonds. The third-order valence-corrected chi connectivity index (χ3v) is 4.16. The summed E-state index contributed by atoms with van der Waals surface area (Å²) in [5.41, 5.74) is 2.19. The summed E-state index contributed by atoms with van der Waals surface area (Å²) in [6, 6.07) is 14.1. The van der Waals surface area contributed by atoms with E-state index in [-0.39, 0.29) is 0 Å². The van der Waals surface area contributed by atoms with Gasteiger partial charge in [0.25, 0.3) is 0 Å². The van der Waals surface area contributed by atoms with E-state index in [9.17, 15) is 0 Å². The number of hydrogen-bond acceptors (Lipinski definition) is 1. The van der Waals surface area contributed by atoms with Crippen LogP contribution in [0.15, 0.2) is 54.8 Å². The first-order chi connectivity index (χ1) is 9.56. The Hall–Kier alpha value is -0.100. The van der Waals surface area contributed by atoms with Crippen molar-refractivity contribution in [3.8, 4) is 5.75 Å². The molecule has 1 nitrogen and oxygen atoms in total. The fraction of sp³-hybridized carbons (Fsp3) is 0.0667. The second kappa shape index (κ2) is 7.78. The first kappa shape index (κ1) is 16.3. The quantitative estimate of drug-likeness (QED) is 0.423. The van der Waals surface area contributed by atoms with E-state index in [1.165, 1.54) is 0 Å². The molecular weight excluding hydrogens is 516 g/mol. The molecule has 2 aromatic rings. The van der Waals surface area contributed by atoms with Crippen molar-refractivity contribution in [2.75, 3.05) is 0 Å². The van der Waals surface area contributed by atoms with Gasteiger partial charge in [-0.1, -0.05) is 30.3 Å². The van der Waals surface area contributed by atoms with Gasteiger partial charge in [0.05, 0.1) is 12.3 Å². The summed E-state index contributed by atoms with van der Waals surface area (Å²) < 4.78 is 8.59. The third kappa shape index (κ3) is 4.72. The van der Waals surface area contributed by atoms with Crippen molar-refractivity contribution in [3.63, 3.8) is 0 Å². The third-order valence-electron chi connectivity index (χ3n) is 2.52. The summed E-state index contributed by atoms with van der Waals surface area (Å²) in [4.78, 5) is 0. The minimum absolute atomic E-state index is 0.537. The topological polar surface area (TPSA) is 9.23 Å². The average Bonchev–Trinajstić information content (AvgIpc) is 2.38. The van der Waals surface area contributed by atoms with Gasteiger partial charge >= 0.3 is 0 Å². The first-order valence-corrected chi connectivity index (χ1v) is 8.92. The van der Waals surface area contributed by atoms with Crippen LogP contribution in [0.2, 0.25) is 0 Å². The molecule has 0 aliphatic carbocycles. The Morgan fingerprint density at radius 3 is 2.15 bits per heavy atom. The van der Waals surface area contributed by atoms with Crippen molar-refractivity contribution >= 4 is 69.8 Å². The smallest absolute Gasteiger partial charge is 0.148 e. The molecule has 0 N–H and O–H groups in total. The van der Waals surface area contributed by atoms with E-state index in [2.05, 4.69) is 63.7 Å². The fourth-order valence-electron chi connectivity index (χ4n) is 1.66. The lowest BCUT2D eigenvalue weighted by Gasteiger charge is -2.11. The molecule has 20 heavy (non-hydrogen) atoms. The van der Waals surface area contributed by atoms with Gasteiger partial charge in [0.1, 0.15) is 12.4 Å². The molecule has 0 saturated heterocycles. The van der Waals surface area contributed by atoms with Crippen LogP contribution in [0.4, 0.5) is 0 Å². The monoisotopic (exact) mass is 522 g/mol. The molecule has 0 unspecified atom stereocenters. The van der Waals surface area contributed by atoms with Crippen LogP contribution in [0.3, 0.4) is 0 Å². The van der Waals surface area contributed by atoms with E-state index in [1.807, 2.05) is 48.5 Å². The molecule has 2 rings (SSSR count). The highest BCUT2D eigenvalue weighted by molar-refractivity contribution is 9.28. The highest BCUT2D eigenvalue weighted by Gasteiger charge is 2.08. The average molecular weight is 526 g/mol. The van der Waals surface area contributed by atoms with Crippen molar-refractivity contribution < 1.29 is 4.74 Å². The second-order valence-electron chi connectivity index (χ2n) is 4.02. The van der Waals surface area contributed by atoms with Crippen LogP contribution in [0.1, 0.15) is 11.1 Å². The molecular formula is C15H10Br4O. The summed E-state index contributed by atoms with van der Waals surface area (Å²) in [7, 11) is 0. The molecule has 0 saturated carbocycles. The summed E-state index contributed by atoms with van der Waals surface area (Å²) in [6.45, 7) is 0.537. The van der Waals surface area contributed by atoms with Gasteiger partial charge in [-0.25, -0.2) is 0 Å². The molecule has 0 heterocycles. The number of rotatable bonds is 4. The molecule has 0 aliphatic rings. The van der Waals surface area contributed by atoms with Gasteiger partial charge in [0.15, 0.2) is 0 Å². The number of ether oxygens (including phenoxy) is 1. The maximum Gasteiger partial charge on any atom is 0.148 e. The van der Waals surface area contributed by atoms with E-state index in [0.29, 0.717) is 6.61 Å². The molecule has 0 aromatic heterocycles. The molecule has 0 atom stereocenters. The van der Waals surface area contributed by atoms with E-state index >= 15 is 0 Å². The predicted molar refractivity (Wildman–Crippen MR) is 98.4 cm³/mol. The fourth-order valence-corrected chi connectivity index (χ4v) is 3.64. The summed E-state index contributed by atoms with van der Waals surface area (Å²) in [5, 5.41) is 0. The Balaban J connectivity index is 2.18. The zero-order valence-electron chi connectivity index (χ0n) is 10.2. The van der Waals surface area contributed by atoms with Crippen LogP contribution >= 0.6 is 63.7 Å². The standard InChI is InChI=1S/C15H10Br4O/c16-12-6-11(8-14(18)19)7-13(17)15(12)20-9-10-4-2-1-3-5-10/h1-8H,9H2. The van der Waals surface area contributed by atoms with Gasteiger partial charge in [-0.2, -0.15) is 0 Å². The van der Waals surface area contributed by atoms with E-state index < -0.39 is 0 Å². The lowest BCUT2D eigenvalue weighted by Crippen LogP contribution is -1.97. The van der Waals surface area contributed by atoms with Gasteiger partial charge in [-0.15, -0.1) is 0 Å². The largest absolute Gasteiger partial charge is 0.487 e. The zero-order chi connectivity index (χ0) is 14.5. The highest BCUT2D eigenvalue weighted by Crippen LogP contribution is 2.36. The van der Waals surface area contributed by atoms with Crippen molar-refractivity contribution in [2.24, 2.45) is 0 Å². The normalized spacial score (nSPS) is 10.2. The SMILES string of the molecule is BrC(Br)=Cc1cc(Br)c(OCc2ccccc2)c(Br)c1. The van der Waals surface area contributed by atoms with Crippen molar-refractivity contribution in [2.45, 2.75) is 6.61 Å². The number of halogens is 4. The lowest BCUT2D eigenvalue weighted by molar-refractivity contribution is 0.302. The van der Waals surface area contributed by atoms with Crippen LogP contribution in [0.25, 0.3) is 6.08 Å². The number of benzene rings is 2. The Bertz CT molecular complexity index is 596. The first-order valence-electron chi connectivity index (χ1n) is 5.75. The minimum atomic E-state index is 0.537.